The quantitative estimate of drug-likeness (QED) is 0.872. The van der Waals surface area contributed by atoms with Crippen molar-refractivity contribution in [3.63, 3.8) is 0 Å². The number of nitrogens with zero attached hydrogens (tertiary/aromatic N) is 1. The van der Waals surface area contributed by atoms with E-state index < -0.39 is 11.9 Å². The van der Waals surface area contributed by atoms with Crippen LogP contribution in [-0.4, -0.2) is 39.3 Å². The second kappa shape index (κ2) is 5.87. The van der Waals surface area contributed by atoms with Gasteiger partial charge < -0.3 is 19.1 Å². The van der Waals surface area contributed by atoms with Crippen LogP contribution < -0.4 is 14.2 Å². The number of rotatable bonds is 3. The Kier molecular flexibility index (Phi) is 4.16. The lowest BCUT2D eigenvalue weighted by Crippen LogP contribution is -2.25. The monoisotopic (exact) mass is 293 g/mol. The molecule has 0 saturated carbocycles. The maximum absolute atomic E-state index is 13.5. The summed E-state index contributed by atoms with van der Waals surface area (Å²) in [4.78, 5) is 13.1. The van der Waals surface area contributed by atoms with Crippen molar-refractivity contribution in [2.24, 2.45) is 0 Å². The van der Waals surface area contributed by atoms with Crippen molar-refractivity contribution in [2.75, 3.05) is 28.3 Å². The molecule has 21 heavy (non-hydrogen) atoms. The molecule has 0 unspecified atom stereocenters. The Hall–Kier alpha value is -2.50. The molecule has 0 radical (unpaired) electrons. The largest absolute Gasteiger partial charge is 0.496 e. The highest BCUT2D eigenvalue weighted by atomic mass is 19.1. The molecule has 1 amide bonds. The van der Waals surface area contributed by atoms with Crippen LogP contribution in [0.3, 0.4) is 0 Å². The maximum atomic E-state index is 13.5. The Morgan fingerprint density at radius 3 is 2.29 bits per heavy atom. The molecule has 0 N–H and O–H groups in total. The van der Waals surface area contributed by atoms with Gasteiger partial charge in [-0.25, -0.2) is 9.18 Å². The number of ether oxygens (including phenoxy) is 3. The summed E-state index contributed by atoms with van der Waals surface area (Å²) < 4.78 is 29.3. The fraction of sp³-hybridized carbons (Fsp3) is 0.267. The average molecular weight is 293 g/mol. The molecule has 0 atom stereocenters. The standard InChI is InChI=1S/C15H16FNO4/c1-17(2)15(18)21-14-10-6-5-9(16)7-11(10)12(19-3)8-13(14)20-4/h5-8H,1-4H3. The van der Waals surface area contributed by atoms with Gasteiger partial charge in [-0.1, -0.05) is 0 Å². The molecular formula is C15H16FNO4. The van der Waals surface area contributed by atoms with Crippen LogP contribution in [0.1, 0.15) is 0 Å². The number of amides is 1. The lowest BCUT2D eigenvalue weighted by molar-refractivity contribution is 0.170. The van der Waals surface area contributed by atoms with Gasteiger partial charge >= 0.3 is 6.09 Å². The minimum absolute atomic E-state index is 0.229. The molecule has 6 heteroatoms. The smallest absolute Gasteiger partial charge is 0.414 e. The van der Waals surface area contributed by atoms with Crippen LogP contribution >= 0.6 is 0 Å². The second-order valence-electron chi connectivity index (χ2n) is 4.56. The van der Waals surface area contributed by atoms with Gasteiger partial charge in [-0.2, -0.15) is 0 Å². The van der Waals surface area contributed by atoms with E-state index in [9.17, 15) is 9.18 Å². The van der Waals surface area contributed by atoms with Crippen LogP contribution in [0.15, 0.2) is 24.3 Å². The molecule has 0 saturated heterocycles. The molecule has 2 aromatic carbocycles. The third kappa shape index (κ3) is 2.84. The third-order valence-electron chi connectivity index (χ3n) is 2.97. The maximum Gasteiger partial charge on any atom is 0.414 e. The molecule has 112 valence electrons. The molecule has 0 aliphatic carbocycles. The molecule has 0 aromatic heterocycles. The van der Waals surface area contributed by atoms with Crippen molar-refractivity contribution in [2.45, 2.75) is 0 Å². The van der Waals surface area contributed by atoms with Crippen molar-refractivity contribution in [3.05, 3.63) is 30.1 Å². The first-order chi connectivity index (χ1) is 9.97. The van der Waals surface area contributed by atoms with E-state index in [-0.39, 0.29) is 5.75 Å². The molecule has 0 aliphatic rings. The molecule has 0 bridgehead atoms. The SMILES string of the molecule is COc1cc(OC)c2cc(F)ccc2c1OC(=O)N(C)C. The van der Waals surface area contributed by atoms with Gasteiger partial charge in [0, 0.05) is 30.9 Å². The van der Waals surface area contributed by atoms with E-state index in [0.29, 0.717) is 22.3 Å². The molecule has 2 aromatic rings. The first kappa shape index (κ1) is 14.9. The van der Waals surface area contributed by atoms with Crippen molar-refractivity contribution in [3.8, 4) is 17.2 Å². The molecular weight excluding hydrogens is 277 g/mol. The summed E-state index contributed by atoms with van der Waals surface area (Å²) in [6.45, 7) is 0. The van der Waals surface area contributed by atoms with E-state index in [0.717, 1.165) is 0 Å². The summed E-state index contributed by atoms with van der Waals surface area (Å²) in [6, 6.07) is 5.68. The highest BCUT2D eigenvalue weighted by Crippen LogP contribution is 2.41. The van der Waals surface area contributed by atoms with Crippen LogP contribution in [0.5, 0.6) is 17.2 Å². The molecule has 5 nitrogen and oxygen atoms in total. The second-order valence-corrected chi connectivity index (χ2v) is 4.56. The molecule has 0 spiro atoms. The highest BCUT2D eigenvalue weighted by molar-refractivity contribution is 5.97. The van der Waals surface area contributed by atoms with Gasteiger partial charge in [-0.15, -0.1) is 0 Å². The van der Waals surface area contributed by atoms with Crippen LogP contribution in [-0.2, 0) is 0 Å². The van der Waals surface area contributed by atoms with Gasteiger partial charge in [0.2, 0.25) is 0 Å². The van der Waals surface area contributed by atoms with E-state index in [1.807, 2.05) is 0 Å². The average Bonchev–Trinajstić information content (AvgIpc) is 2.46. The van der Waals surface area contributed by atoms with Gasteiger partial charge in [-0.05, 0) is 18.2 Å². The molecule has 0 aliphatic heterocycles. The summed E-state index contributed by atoms with van der Waals surface area (Å²) in [5.41, 5.74) is 0. The fourth-order valence-corrected chi connectivity index (χ4v) is 1.92. The van der Waals surface area contributed by atoms with Crippen molar-refractivity contribution < 1.29 is 23.4 Å². The highest BCUT2D eigenvalue weighted by Gasteiger charge is 2.19. The minimum Gasteiger partial charge on any atom is -0.496 e. The van der Waals surface area contributed by atoms with Gasteiger partial charge in [0.25, 0.3) is 0 Å². The van der Waals surface area contributed by atoms with E-state index in [1.165, 1.54) is 37.3 Å². The number of fused-ring (bicyclic) bond motifs is 1. The van der Waals surface area contributed by atoms with E-state index in [2.05, 4.69) is 0 Å². The lowest BCUT2D eigenvalue weighted by Gasteiger charge is -2.17. The molecule has 0 fully saturated rings. The van der Waals surface area contributed by atoms with E-state index >= 15 is 0 Å². The number of halogens is 1. The van der Waals surface area contributed by atoms with E-state index in [4.69, 9.17) is 14.2 Å². The normalized spacial score (nSPS) is 10.3. The zero-order valence-corrected chi connectivity index (χ0v) is 12.3. The first-order valence-corrected chi connectivity index (χ1v) is 6.21. The zero-order valence-electron chi connectivity index (χ0n) is 12.3. The van der Waals surface area contributed by atoms with Crippen molar-refractivity contribution in [1.82, 2.24) is 4.90 Å². The molecule has 0 heterocycles. The number of methoxy groups -OCH3 is 2. The van der Waals surface area contributed by atoms with Gasteiger partial charge in [-0.3, -0.25) is 0 Å². The Labute approximate surface area is 121 Å². The number of hydrogen-bond donors (Lipinski definition) is 0. The van der Waals surface area contributed by atoms with Crippen LogP contribution in [0.2, 0.25) is 0 Å². The number of carbonyl (C=O) groups is 1. The van der Waals surface area contributed by atoms with E-state index in [1.54, 1.807) is 20.2 Å². The van der Waals surface area contributed by atoms with Crippen molar-refractivity contribution in [1.29, 1.82) is 0 Å². The number of benzene rings is 2. The Bertz CT molecular complexity index is 685. The third-order valence-corrected chi connectivity index (χ3v) is 2.97. The fourth-order valence-electron chi connectivity index (χ4n) is 1.92. The predicted octanol–water partition coefficient (Wildman–Crippen LogP) is 3.06. The van der Waals surface area contributed by atoms with Gasteiger partial charge in [0.1, 0.15) is 11.6 Å². The lowest BCUT2D eigenvalue weighted by atomic mass is 10.1. The number of carbonyl (C=O) groups excluding carboxylic acids is 1. The zero-order chi connectivity index (χ0) is 15.6. The molecule has 2 rings (SSSR count). The first-order valence-electron chi connectivity index (χ1n) is 6.21. The predicted molar refractivity (Wildman–Crippen MR) is 76.7 cm³/mol. The Balaban J connectivity index is 2.69. The van der Waals surface area contributed by atoms with Gasteiger partial charge in [0.05, 0.1) is 14.2 Å². The summed E-state index contributed by atoms with van der Waals surface area (Å²) in [5, 5.41) is 1.03. The summed E-state index contributed by atoms with van der Waals surface area (Å²) >= 11 is 0. The van der Waals surface area contributed by atoms with Crippen molar-refractivity contribution >= 4 is 16.9 Å². The topological polar surface area (TPSA) is 48.0 Å². The minimum atomic E-state index is -0.552. The summed E-state index contributed by atoms with van der Waals surface area (Å²) in [6.07, 6.45) is -0.552. The van der Waals surface area contributed by atoms with Crippen LogP contribution in [0.25, 0.3) is 10.8 Å². The van der Waals surface area contributed by atoms with Crippen LogP contribution in [0, 0.1) is 5.82 Å². The van der Waals surface area contributed by atoms with Crippen LogP contribution in [0.4, 0.5) is 9.18 Å². The number of hydrogen-bond acceptors (Lipinski definition) is 4. The van der Waals surface area contributed by atoms with Gasteiger partial charge in [0.15, 0.2) is 11.5 Å². The Morgan fingerprint density at radius 2 is 1.71 bits per heavy atom. The Morgan fingerprint density at radius 1 is 1.05 bits per heavy atom. The summed E-state index contributed by atoms with van der Waals surface area (Å²) in [5.74, 6) is 0.593. The summed E-state index contributed by atoms with van der Waals surface area (Å²) in [7, 11) is 6.07.